The first kappa shape index (κ1) is 10.1. The van der Waals surface area contributed by atoms with Crippen molar-refractivity contribution in [2.45, 2.75) is 13.8 Å². The number of aryl methyl sites for hydroxylation is 2. The first-order valence-corrected chi connectivity index (χ1v) is 4.91. The smallest absolute Gasteiger partial charge is 0.259 e. The van der Waals surface area contributed by atoms with Crippen LogP contribution < -0.4 is 0 Å². The normalized spacial score (nSPS) is 16.6. The van der Waals surface area contributed by atoms with E-state index in [1.165, 1.54) is 0 Å². The van der Waals surface area contributed by atoms with Crippen LogP contribution in [-0.4, -0.2) is 35.7 Å². The summed E-state index contributed by atoms with van der Waals surface area (Å²) in [5.74, 6) is 0.437. The van der Waals surface area contributed by atoms with Crippen LogP contribution in [0.5, 0.6) is 0 Å². The second-order valence-electron chi connectivity index (χ2n) is 3.93. The van der Waals surface area contributed by atoms with E-state index < -0.39 is 0 Å². The second kappa shape index (κ2) is 3.64. The molecule has 82 valence electrons. The molecule has 0 N–H and O–H groups in total. The minimum atomic E-state index is -0.356. The Morgan fingerprint density at radius 1 is 1.60 bits per heavy atom. The van der Waals surface area contributed by atoms with E-state index in [-0.39, 0.29) is 18.5 Å². The molecule has 0 atom stereocenters. The van der Waals surface area contributed by atoms with Crippen molar-refractivity contribution in [3.63, 3.8) is 0 Å². The number of aromatic nitrogens is 1. The first-order chi connectivity index (χ1) is 7.13. The number of rotatable bonds is 2. The predicted molar refractivity (Wildman–Crippen MR) is 51.3 cm³/mol. The summed E-state index contributed by atoms with van der Waals surface area (Å²) >= 11 is 0. The van der Waals surface area contributed by atoms with Crippen molar-refractivity contribution >= 4 is 5.91 Å². The second-order valence-corrected chi connectivity index (χ2v) is 3.93. The summed E-state index contributed by atoms with van der Waals surface area (Å²) in [6, 6.07) is 0. The molecule has 0 saturated carbocycles. The largest absolute Gasteiger partial charge is 0.361 e. The third-order valence-corrected chi connectivity index (χ3v) is 2.71. The summed E-state index contributed by atoms with van der Waals surface area (Å²) in [4.78, 5) is 13.5. The van der Waals surface area contributed by atoms with Gasteiger partial charge in [0.15, 0.2) is 0 Å². The highest BCUT2D eigenvalue weighted by Crippen LogP contribution is 2.22. The van der Waals surface area contributed by atoms with Gasteiger partial charge in [0, 0.05) is 19.0 Å². The molecule has 2 heterocycles. The van der Waals surface area contributed by atoms with E-state index in [9.17, 15) is 9.18 Å². The number of carbonyl (C=O) groups excluding carboxylic acids is 1. The zero-order chi connectivity index (χ0) is 11.0. The Hall–Kier alpha value is -1.39. The van der Waals surface area contributed by atoms with Gasteiger partial charge in [0.1, 0.15) is 11.3 Å². The Bertz CT molecular complexity index is 363. The number of alkyl halides is 1. The van der Waals surface area contributed by atoms with Crippen molar-refractivity contribution < 1.29 is 13.7 Å². The standard InChI is InChI=1S/C10H13FN2O2/c1-6-9(7(2)15-12-6)10(14)13-4-8(3-11)5-13/h8H,3-5H2,1-2H3. The average Bonchev–Trinajstić information content (AvgIpc) is 2.44. The minimum Gasteiger partial charge on any atom is -0.361 e. The van der Waals surface area contributed by atoms with Crippen LogP contribution in [0.3, 0.4) is 0 Å². The van der Waals surface area contributed by atoms with Crippen molar-refractivity contribution in [3.8, 4) is 0 Å². The lowest BCUT2D eigenvalue weighted by Crippen LogP contribution is -2.51. The number of halogens is 1. The lowest BCUT2D eigenvalue weighted by atomic mass is 10.00. The van der Waals surface area contributed by atoms with Gasteiger partial charge < -0.3 is 9.42 Å². The molecule has 0 radical (unpaired) electrons. The third-order valence-electron chi connectivity index (χ3n) is 2.71. The van der Waals surface area contributed by atoms with Crippen LogP contribution in [0.25, 0.3) is 0 Å². The maximum atomic E-state index is 12.2. The summed E-state index contributed by atoms with van der Waals surface area (Å²) < 4.78 is 17.1. The van der Waals surface area contributed by atoms with E-state index in [2.05, 4.69) is 5.16 Å². The number of nitrogens with zero attached hydrogens (tertiary/aromatic N) is 2. The van der Waals surface area contributed by atoms with E-state index in [1.807, 2.05) is 0 Å². The molecule has 1 saturated heterocycles. The highest BCUT2D eigenvalue weighted by Gasteiger charge is 2.33. The van der Waals surface area contributed by atoms with E-state index in [0.717, 1.165) is 0 Å². The first-order valence-electron chi connectivity index (χ1n) is 4.91. The van der Waals surface area contributed by atoms with Crippen molar-refractivity contribution in [2.75, 3.05) is 19.8 Å². The molecule has 0 unspecified atom stereocenters. The van der Waals surface area contributed by atoms with Crippen LogP contribution in [0.15, 0.2) is 4.52 Å². The van der Waals surface area contributed by atoms with Crippen LogP contribution in [-0.2, 0) is 0 Å². The van der Waals surface area contributed by atoms with Gasteiger partial charge in [-0.25, -0.2) is 0 Å². The van der Waals surface area contributed by atoms with Crippen LogP contribution >= 0.6 is 0 Å². The van der Waals surface area contributed by atoms with Crippen LogP contribution in [0, 0.1) is 19.8 Å². The number of amides is 1. The van der Waals surface area contributed by atoms with Crippen LogP contribution in [0.4, 0.5) is 4.39 Å². The summed E-state index contributed by atoms with van der Waals surface area (Å²) in [6.07, 6.45) is 0. The monoisotopic (exact) mass is 212 g/mol. The molecule has 0 aromatic carbocycles. The lowest BCUT2D eigenvalue weighted by Gasteiger charge is -2.37. The molecule has 0 spiro atoms. The molecule has 1 aliphatic heterocycles. The number of hydrogen-bond acceptors (Lipinski definition) is 3. The van der Waals surface area contributed by atoms with Gasteiger partial charge in [-0.2, -0.15) is 0 Å². The Morgan fingerprint density at radius 3 is 2.73 bits per heavy atom. The van der Waals surface area contributed by atoms with Gasteiger partial charge in [-0.3, -0.25) is 9.18 Å². The summed E-state index contributed by atoms with van der Waals surface area (Å²) in [5.41, 5.74) is 1.12. The van der Waals surface area contributed by atoms with Gasteiger partial charge in [-0.15, -0.1) is 0 Å². The number of likely N-dealkylation sites (tertiary alicyclic amines) is 1. The summed E-state index contributed by atoms with van der Waals surface area (Å²) in [7, 11) is 0. The van der Waals surface area contributed by atoms with Crippen molar-refractivity contribution in [1.82, 2.24) is 10.1 Å². The molecular formula is C10H13FN2O2. The Labute approximate surface area is 87.0 Å². The van der Waals surface area contributed by atoms with E-state index >= 15 is 0 Å². The SMILES string of the molecule is Cc1noc(C)c1C(=O)N1CC(CF)C1. The molecule has 2 rings (SSSR count). The maximum absolute atomic E-state index is 12.2. The van der Waals surface area contributed by atoms with Crippen LogP contribution in [0.2, 0.25) is 0 Å². The van der Waals surface area contributed by atoms with E-state index in [0.29, 0.717) is 30.1 Å². The highest BCUT2D eigenvalue weighted by atomic mass is 19.1. The lowest BCUT2D eigenvalue weighted by molar-refractivity contribution is 0.0450. The third kappa shape index (κ3) is 1.62. The molecule has 4 nitrogen and oxygen atoms in total. The van der Waals surface area contributed by atoms with E-state index in [4.69, 9.17) is 4.52 Å². The molecule has 15 heavy (non-hydrogen) atoms. The van der Waals surface area contributed by atoms with Gasteiger partial charge in [0.05, 0.1) is 12.4 Å². The molecule has 1 aliphatic rings. The van der Waals surface area contributed by atoms with Gasteiger partial charge in [-0.1, -0.05) is 5.16 Å². The summed E-state index contributed by atoms with van der Waals surface area (Å²) in [5, 5.41) is 3.72. The topological polar surface area (TPSA) is 46.3 Å². The quantitative estimate of drug-likeness (QED) is 0.743. The van der Waals surface area contributed by atoms with Crippen LogP contribution in [0.1, 0.15) is 21.8 Å². The molecule has 5 heteroatoms. The van der Waals surface area contributed by atoms with Crippen molar-refractivity contribution in [3.05, 3.63) is 17.0 Å². The minimum absolute atomic E-state index is 0.00872. The molecular weight excluding hydrogens is 199 g/mol. The van der Waals surface area contributed by atoms with Crippen molar-refractivity contribution in [2.24, 2.45) is 5.92 Å². The molecule has 1 amide bonds. The maximum Gasteiger partial charge on any atom is 0.259 e. The Morgan fingerprint density at radius 2 is 2.27 bits per heavy atom. The zero-order valence-electron chi connectivity index (χ0n) is 8.79. The molecule has 1 fully saturated rings. The summed E-state index contributed by atoms with van der Waals surface area (Å²) in [6.45, 7) is 4.08. The van der Waals surface area contributed by atoms with Gasteiger partial charge in [0.2, 0.25) is 0 Å². The highest BCUT2D eigenvalue weighted by molar-refractivity contribution is 5.96. The fourth-order valence-corrected chi connectivity index (χ4v) is 1.78. The molecule has 0 bridgehead atoms. The molecule has 1 aromatic heterocycles. The molecule has 0 aliphatic carbocycles. The number of carbonyl (C=O) groups is 1. The fraction of sp³-hybridized carbons (Fsp3) is 0.600. The predicted octanol–water partition coefficient (Wildman–Crippen LogP) is 1.33. The average molecular weight is 212 g/mol. The Balaban J connectivity index is 2.10. The number of hydrogen-bond donors (Lipinski definition) is 0. The fourth-order valence-electron chi connectivity index (χ4n) is 1.78. The van der Waals surface area contributed by atoms with Gasteiger partial charge in [0.25, 0.3) is 5.91 Å². The Kier molecular flexibility index (Phi) is 2.46. The van der Waals surface area contributed by atoms with E-state index in [1.54, 1.807) is 18.7 Å². The van der Waals surface area contributed by atoms with Gasteiger partial charge >= 0.3 is 0 Å². The molecule has 1 aromatic rings. The van der Waals surface area contributed by atoms with Crippen molar-refractivity contribution in [1.29, 1.82) is 0 Å². The zero-order valence-corrected chi connectivity index (χ0v) is 8.79. The van der Waals surface area contributed by atoms with Gasteiger partial charge in [-0.05, 0) is 13.8 Å².